The van der Waals surface area contributed by atoms with Gasteiger partial charge in [-0.15, -0.1) is 0 Å². The zero-order chi connectivity index (χ0) is 26.3. The maximum atomic E-state index is 13.3. The van der Waals surface area contributed by atoms with E-state index in [4.69, 9.17) is 16.3 Å². The lowest BCUT2D eigenvalue weighted by Gasteiger charge is -2.17. The minimum atomic E-state index is -0.362. The molecule has 37 heavy (non-hydrogen) atoms. The summed E-state index contributed by atoms with van der Waals surface area (Å²) < 4.78 is 5.44. The molecule has 0 unspecified atom stereocenters. The molecule has 4 aromatic rings. The van der Waals surface area contributed by atoms with E-state index in [2.05, 4.69) is 25.3 Å². The Bertz CT molecular complexity index is 1530. The lowest BCUT2D eigenvalue weighted by molar-refractivity contribution is 0.0749. The monoisotopic (exact) mass is 534 g/mol. The number of carbonyl (C=O) groups is 2. The second kappa shape index (κ2) is 9.87. The number of halogens is 1. The van der Waals surface area contributed by atoms with Crippen molar-refractivity contribution in [2.24, 2.45) is 0 Å². The smallest absolute Gasteiger partial charge is 0.259 e. The number of fused-ring (bicyclic) bond motifs is 1. The second-order valence-electron chi connectivity index (χ2n) is 8.73. The number of rotatable bonds is 5. The van der Waals surface area contributed by atoms with Gasteiger partial charge in [0.25, 0.3) is 11.8 Å². The van der Waals surface area contributed by atoms with Crippen LogP contribution in [0.1, 0.15) is 48.2 Å². The molecular weight excluding hydrogens is 512 g/mol. The van der Waals surface area contributed by atoms with Gasteiger partial charge in [0.2, 0.25) is 0 Å². The zero-order valence-corrected chi connectivity index (χ0v) is 22.2. The van der Waals surface area contributed by atoms with E-state index in [1.807, 2.05) is 26.8 Å². The Balaban J connectivity index is 1.36. The number of nitrogens with zero attached hydrogens (tertiary/aromatic N) is 5. The van der Waals surface area contributed by atoms with Crippen LogP contribution >= 0.6 is 22.9 Å². The number of aryl methyl sites for hydroxylation is 3. The molecule has 0 aromatic carbocycles. The third kappa shape index (κ3) is 4.90. The van der Waals surface area contributed by atoms with Crippen LogP contribution in [0.15, 0.2) is 36.8 Å². The highest BCUT2D eigenvalue weighted by Crippen LogP contribution is 2.35. The molecule has 0 radical (unpaired) electrons. The molecule has 188 valence electrons. The first-order valence-electron chi connectivity index (χ1n) is 11.4. The highest BCUT2D eigenvalue weighted by atomic mass is 35.5. The highest BCUT2D eigenvalue weighted by molar-refractivity contribution is 7.16. The number of ether oxygens (including phenoxy) is 1. The summed E-state index contributed by atoms with van der Waals surface area (Å²) in [5.41, 5.74) is 5.33. The molecule has 1 aliphatic rings. The van der Waals surface area contributed by atoms with Gasteiger partial charge in [0.15, 0.2) is 5.13 Å². The Morgan fingerprint density at radius 1 is 1.00 bits per heavy atom. The topological polar surface area (TPSA) is 110 Å². The Morgan fingerprint density at radius 3 is 2.57 bits per heavy atom. The first-order chi connectivity index (χ1) is 17.7. The standard InChI is InChI=1S/C26H23ClN6O3S/c1-13-5-16(15(3)29-8-13)25(35)33-11-20-22(12-33)37-26(31-20)32-24(34)19-9-28-14(2)6-17(19)18-7-23(27)30-10-21(18)36-4/h5-10H,11-12H2,1-4H3,(H,31,32,34). The summed E-state index contributed by atoms with van der Waals surface area (Å²) in [7, 11) is 1.53. The molecule has 1 aliphatic heterocycles. The molecule has 2 amide bonds. The molecular formula is C26H23ClN6O3S. The Kier molecular flexibility index (Phi) is 6.61. The number of anilines is 1. The number of carbonyl (C=O) groups excluding carboxylic acids is 2. The highest BCUT2D eigenvalue weighted by Gasteiger charge is 2.29. The first kappa shape index (κ1) is 24.8. The third-order valence-electron chi connectivity index (χ3n) is 6.04. The van der Waals surface area contributed by atoms with Crippen LogP contribution in [0.4, 0.5) is 5.13 Å². The lowest BCUT2D eigenvalue weighted by Crippen LogP contribution is -2.26. The predicted molar refractivity (Wildman–Crippen MR) is 141 cm³/mol. The van der Waals surface area contributed by atoms with Crippen molar-refractivity contribution in [1.82, 2.24) is 24.8 Å². The second-order valence-corrected chi connectivity index (χ2v) is 10.2. The van der Waals surface area contributed by atoms with E-state index >= 15 is 0 Å². The number of thiazole rings is 1. The van der Waals surface area contributed by atoms with E-state index in [0.29, 0.717) is 51.9 Å². The fourth-order valence-electron chi connectivity index (χ4n) is 4.18. The molecule has 0 spiro atoms. The van der Waals surface area contributed by atoms with Crippen LogP contribution in [0, 0.1) is 20.8 Å². The van der Waals surface area contributed by atoms with Crippen LogP contribution in [0.5, 0.6) is 5.75 Å². The Hall–Kier alpha value is -3.89. The summed E-state index contributed by atoms with van der Waals surface area (Å²) >= 11 is 7.49. The largest absolute Gasteiger partial charge is 0.494 e. The molecule has 0 saturated carbocycles. The Labute approximate surface area is 222 Å². The van der Waals surface area contributed by atoms with Crippen LogP contribution in [0.3, 0.4) is 0 Å². The van der Waals surface area contributed by atoms with Gasteiger partial charge in [-0.3, -0.25) is 24.9 Å². The number of pyridine rings is 3. The molecule has 0 saturated heterocycles. The number of amides is 2. The summed E-state index contributed by atoms with van der Waals surface area (Å²) in [6.07, 6.45) is 4.79. The number of aromatic nitrogens is 4. The molecule has 4 aromatic heterocycles. The SMILES string of the molecule is COc1cnc(Cl)cc1-c1cc(C)ncc1C(=O)Nc1nc2c(s1)CN(C(=O)c1cc(C)cnc1C)C2. The van der Waals surface area contributed by atoms with E-state index in [0.717, 1.165) is 21.8 Å². The molecule has 0 atom stereocenters. The van der Waals surface area contributed by atoms with Crippen molar-refractivity contribution >= 4 is 39.9 Å². The van der Waals surface area contributed by atoms with Gasteiger partial charge in [-0.2, -0.15) is 0 Å². The number of hydrogen-bond acceptors (Lipinski definition) is 8. The van der Waals surface area contributed by atoms with Crippen LogP contribution in [-0.2, 0) is 13.1 Å². The van der Waals surface area contributed by atoms with E-state index in [1.165, 1.54) is 30.8 Å². The summed E-state index contributed by atoms with van der Waals surface area (Å²) in [5.74, 6) is 0.0465. The first-order valence-corrected chi connectivity index (χ1v) is 12.6. The van der Waals surface area contributed by atoms with Crippen LogP contribution in [0.2, 0.25) is 5.15 Å². The maximum Gasteiger partial charge on any atom is 0.259 e. The van der Waals surface area contributed by atoms with Crippen molar-refractivity contribution in [1.29, 1.82) is 0 Å². The summed E-state index contributed by atoms with van der Waals surface area (Å²) in [5, 5.41) is 3.63. The number of hydrogen-bond donors (Lipinski definition) is 1. The average molecular weight is 535 g/mol. The summed E-state index contributed by atoms with van der Waals surface area (Å²) in [4.78, 5) is 46.3. The van der Waals surface area contributed by atoms with Gasteiger partial charge in [0.1, 0.15) is 10.9 Å². The number of methoxy groups -OCH3 is 1. The molecule has 5 rings (SSSR count). The van der Waals surface area contributed by atoms with Crippen molar-refractivity contribution in [3.63, 3.8) is 0 Å². The van der Waals surface area contributed by atoms with Gasteiger partial charge in [0.05, 0.1) is 48.1 Å². The van der Waals surface area contributed by atoms with E-state index in [9.17, 15) is 9.59 Å². The van der Waals surface area contributed by atoms with Crippen LogP contribution in [-0.4, -0.2) is 43.8 Å². The zero-order valence-electron chi connectivity index (χ0n) is 20.6. The van der Waals surface area contributed by atoms with Gasteiger partial charge in [0, 0.05) is 34.9 Å². The van der Waals surface area contributed by atoms with Crippen molar-refractivity contribution in [3.05, 3.63) is 80.6 Å². The van der Waals surface area contributed by atoms with E-state index in [-0.39, 0.29) is 17.0 Å². The van der Waals surface area contributed by atoms with Gasteiger partial charge in [-0.1, -0.05) is 22.9 Å². The van der Waals surface area contributed by atoms with Crippen molar-refractivity contribution < 1.29 is 14.3 Å². The van der Waals surface area contributed by atoms with Crippen molar-refractivity contribution in [3.8, 4) is 16.9 Å². The average Bonchev–Trinajstić information content (AvgIpc) is 3.43. The minimum absolute atomic E-state index is 0.0789. The van der Waals surface area contributed by atoms with Gasteiger partial charge in [-0.25, -0.2) is 9.97 Å². The van der Waals surface area contributed by atoms with Crippen LogP contribution in [0.25, 0.3) is 11.1 Å². The van der Waals surface area contributed by atoms with Crippen LogP contribution < -0.4 is 10.1 Å². The molecule has 11 heteroatoms. The fourth-order valence-corrected chi connectivity index (χ4v) is 5.32. The normalized spacial score (nSPS) is 12.4. The molecule has 0 aliphatic carbocycles. The van der Waals surface area contributed by atoms with Gasteiger partial charge in [-0.05, 0) is 44.5 Å². The van der Waals surface area contributed by atoms with E-state index in [1.54, 1.807) is 23.2 Å². The molecule has 5 heterocycles. The molecule has 0 fully saturated rings. The van der Waals surface area contributed by atoms with Crippen molar-refractivity contribution in [2.75, 3.05) is 12.4 Å². The molecule has 0 bridgehead atoms. The van der Waals surface area contributed by atoms with Gasteiger partial charge < -0.3 is 9.64 Å². The predicted octanol–water partition coefficient (Wildman–Crippen LogP) is 4.99. The third-order valence-corrected chi connectivity index (χ3v) is 7.25. The number of nitrogens with one attached hydrogen (secondary N) is 1. The molecule has 1 N–H and O–H groups in total. The summed E-state index contributed by atoms with van der Waals surface area (Å²) in [6.45, 7) is 6.38. The quantitative estimate of drug-likeness (QED) is 0.359. The molecule has 9 nitrogen and oxygen atoms in total. The van der Waals surface area contributed by atoms with Gasteiger partial charge >= 0.3 is 0 Å². The lowest BCUT2D eigenvalue weighted by atomic mass is 10.0. The minimum Gasteiger partial charge on any atom is -0.494 e. The summed E-state index contributed by atoms with van der Waals surface area (Å²) in [6, 6.07) is 5.31. The van der Waals surface area contributed by atoms with Crippen molar-refractivity contribution in [2.45, 2.75) is 33.9 Å². The maximum absolute atomic E-state index is 13.3. The Morgan fingerprint density at radius 2 is 1.81 bits per heavy atom. The fraction of sp³-hybridized carbons (Fsp3) is 0.231. The van der Waals surface area contributed by atoms with E-state index < -0.39 is 0 Å².